The normalized spacial score (nSPS) is 17.0. The summed E-state index contributed by atoms with van der Waals surface area (Å²) in [6, 6.07) is 7.75. The molecule has 1 aliphatic heterocycles. The van der Waals surface area contributed by atoms with Gasteiger partial charge in [-0.2, -0.15) is 0 Å². The Kier molecular flexibility index (Phi) is 5.29. The van der Waals surface area contributed by atoms with Crippen molar-refractivity contribution in [3.05, 3.63) is 29.8 Å². The quantitative estimate of drug-likeness (QED) is 0.934. The zero-order valence-corrected chi connectivity index (χ0v) is 13.9. The Hall–Kier alpha value is -1.75. The van der Waals surface area contributed by atoms with Gasteiger partial charge in [0.1, 0.15) is 5.75 Å². The molecule has 1 saturated heterocycles. The highest BCUT2D eigenvalue weighted by atomic mass is 16.5. The molecule has 22 heavy (non-hydrogen) atoms. The van der Waals surface area contributed by atoms with E-state index in [0.29, 0.717) is 26.3 Å². The highest BCUT2D eigenvalue weighted by Crippen LogP contribution is 2.34. The van der Waals surface area contributed by atoms with Crippen molar-refractivity contribution < 1.29 is 14.3 Å². The van der Waals surface area contributed by atoms with Crippen LogP contribution in [0.2, 0.25) is 0 Å². The van der Waals surface area contributed by atoms with Crippen LogP contribution in [0.15, 0.2) is 24.3 Å². The van der Waals surface area contributed by atoms with Gasteiger partial charge in [0, 0.05) is 13.1 Å². The molecule has 1 aliphatic rings. The summed E-state index contributed by atoms with van der Waals surface area (Å²) in [5.41, 5.74) is 0.947. The number of hydrogen-bond donors (Lipinski definition) is 1. The zero-order valence-electron chi connectivity index (χ0n) is 13.9. The minimum atomic E-state index is -0.103. The minimum Gasteiger partial charge on any atom is -0.497 e. The van der Waals surface area contributed by atoms with Gasteiger partial charge in [-0.3, -0.25) is 0 Å². The Balaban J connectivity index is 2.17. The molecule has 1 fully saturated rings. The fourth-order valence-corrected chi connectivity index (χ4v) is 2.60. The third-order valence-corrected chi connectivity index (χ3v) is 3.86. The number of ether oxygens (including phenoxy) is 2. The van der Waals surface area contributed by atoms with Crippen molar-refractivity contribution in [2.75, 3.05) is 33.4 Å². The largest absolute Gasteiger partial charge is 0.497 e. The third kappa shape index (κ3) is 4.13. The van der Waals surface area contributed by atoms with E-state index in [1.807, 2.05) is 29.2 Å². The van der Waals surface area contributed by atoms with E-state index in [1.165, 1.54) is 0 Å². The summed E-state index contributed by atoms with van der Waals surface area (Å²) >= 11 is 0. The van der Waals surface area contributed by atoms with Crippen LogP contribution in [0.3, 0.4) is 0 Å². The van der Waals surface area contributed by atoms with E-state index in [2.05, 4.69) is 26.1 Å². The van der Waals surface area contributed by atoms with Crippen LogP contribution < -0.4 is 10.1 Å². The second-order valence-electron chi connectivity index (χ2n) is 6.62. The van der Waals surface area contributed by atoms with Gasteiger partial charge in [0.05, 0.1) is 26.4 Å². The number of nitrogens with one attached hydrogen (secondary N) is 1. The summed E-state index contributed by atoms with van der Waals surface area (Å²) in [7, 11) is 1.65. The Labute approximate surface area is 132 Å². The molecule has 1 heterocycles. The maximum absolute atomic E-state index is 12.5. The molecule has 1 N–H and O–H groups in total. The lowest BCUT2D eigenvalue weighted by Gasteiger charge is -2.35. The van der Waals surface area contributed by atoms with Crippen molar-refractivity contribution in [2.45, 2.75) is 26.8 Å². The number of methoxy groups -OCH3 is 1. The molecule has 2 amide bonds. The first kappa shape index (κ1) is 16.6. The summed E-state index contributed by atoms with van der Waals surface area (Å²) in [5, 5.41) is 3.17. The van der Waals surface area contributed by atoms with Gasteiger partial charge in [0.2, 0.25) is 0 Å². The molecular weight excluding hydrogens is 280 g/mol. The van der Waals surface area contributed by atoms with E-state index in [4.69, 9.17) is 9.47 Å². The number of carbonyl (C=O) groups excluding carboxylic acids is 1. The lowest BCUT2D eigenvalue weighted by molar-refractivity contribution is 0.0512. The number of benzene rings is 1. The van der Waals surface area contributed by atoms with Crippen molar-refractivity contribution in [2.24, 2.45) is 5.41 Å². The topological polar surface area (TPSA) is 50.8 Å². The Morgan fingerprint density at radius 2 is 2.00 bits per heavy atom. The second kappa shape index (κ2) is 7.01. The molecule has 0 spiro atoms. The van der Waals surface area contributed by atoms with E-state index >= 15 is 0 Å². The molecule has 1 aromatic rings. The molecule has 0 bridgehead atoms. The number of urea groups is 1. The maximum Gasteiger partial charge on any atom is 0.318 e. The maximum atomic E-state index is 12.5. The van der Waals surface area contributed by atoms with Gasteiger partial charge in [-0.15, -0.1) is 0 Å². The van der Waals surface area contributed by atoms with Crippen molar-refractivity contribution in [1.82, 2.24) is 10.2 Å². The van der Waals surface area contributed by atoms with Crippen molar-refractivity contribution >= 4 is 6.03 Å². The first-order valence-corrected chi connectivity index (χ1v) is 7.69. The van der Waals surface area contributed by atoms with Crippen LogP contribution in [-0.2, 0) is 4.74 Å². The minimum absolute atomic E-state index is 0.0361. The van der Waals surface area contributed by atoms with E-state index in [-0.39, 0.29) is 17.5 Å². The number of rotatable bonds is 3. The SMILES string of the molecule is COc1cccc([C@H](NC(=O)N2CCOCC2)C(C)(C)C)c1. The monoisotopic (exact) mass is 306 g/mol. The summed E-state index contributed by atoms with van der Waals surface area (Å²) in [4.78, 5) is 14.3. The van der Waals surface area contributed by atoms with E-state index in [1.54, 1.807) is 7.11 Å². The van der Waals surface area contributed by atoms with Gasteiger partial charge >= 0.3 is 6.03 Å². The number of carbonyl (C=O) groups is 1. The van der Waals surface area contributed by atoms with Gasteiger partial charge < -0.3 is 19.7 Å². The lowest BCUT2D eigenvalue weighted by Crippen LogP contribution is -2.49. The predicted molar refractivity (Wildman–Crippen MR) is 86.1 cm³/mol. The molecule has 0 saturated carbocycles. The molecule has 1 aromatic carbocycles. The molecule has 0 unspecified atom stereocenters. The fraction of sp³-hybridized carbons (Fsp3) is 0.588. The summed E-state index contributed by atoms with van der Waals surface area (Å²) < 4.78 is 10.6. The van der Waals surface area contributed by atoms with Gasteiger partial charge in [-0.25, -0.2) is 4.79 Å². The first-order valence-electron chi connectivity index (χ1n) is 7.69. The summed E-state index contributed by atoms with van der Waals surface area (Å²) in [6.07, 6.45) is 0. The Morgan fingerprint density at radius 3 is 2.59 bits per heavy atom. The number of morpholine rings is 1. The second-order valence-corrected chi connectivity index (χ2v) is 6.62. The van der Waals surface area contributed by atoms with Crippen LogP contribution in [0.1, 0.15) is 32.4 Å². The molecule has 122 valence electrons. The predicted octanol–water partition coefficient (Wildman–Crippen LogP) is 2.82. The molecule has 5 heteroatoms. The van der Waals surface area contributed by atoms with Gasteiger partial charge in [-0.05, 0) is 23.1 Å². The molecule has 0 radical (unpaired) electrons. The van der Waals surface area contributed by atoms with Crippen LogP contribution in [0.5, 0.6) is 5.75 Å². The number of nitrogens with zero attached hydrogens (tertiary/aromatic N) is 1. The average Bonchev–Trinajstić information content (AvgIpc) is 2.52. The third-order valence-electron chi connectivity index (χ3n) is 3.86. The van der Waals surface area contributed by atoms with Gasteiger partial charge in [0.15, 0.2) is 0 Å². The molecule has 0 aliphatic carbocycles. The average molecular weight is 306 g/mol. The molecule has 2 rings (SSSR count). The molecule has 0 aromatic heterocycles. The smallest absolute Gasteiger partial charge is 0.318 e. The molecule has 1 atom stereocenters. The van der Waals surface area contributed by atoms with E-state index < -0.39 is 0 Å². The number of hydrogen-bond acceptors (Lipinski definition) is 3. The van der Waals surface area contributed by atoms with Crippen molar-refractivity contribution in [3.8, 4) is 5.75 Å². The fourth-order valence-electron chi connectivity index (χ4n) is 2.60. The van der Waals surface area contributed by atoms with Crippen LogP contribution in [0, 0.1) is 5.41 Å². The zero-order chi connectivity index (χ0) is 16.2. The van der Waals surface area contributed by atoms with Crippen LogP contribution >= 0.6 is 0 Å². The van der Waals surface area contributed by atoms with E-state index in [0.717, 1.165) is 11.3 Å². The van der Waals surface area contributed by atoms with Gasteiger partial charge in [0.25, 0.3) is 0 Å². The van der Waals surface area contributed by atoms with E-state index in [9.17, 15) is 4.79 Å². The number of amides is 2. The summed E-state index contributed by atoms with van der Waals surface area (Å²) in [5.74, 6) is 0.798. The highest BCUT2D eigenvalue weighted by molar-refractivity contribution is 5.75. The summed E-state index contributed by atoms with van der Waals surface area (Å²) in [6.45, 7) is 8.85. The lowest BCUT2D eigenvalue weighted by atomic mass is 9.82. The Morgan fingerprint density at radius 1 is 1.32 bits per heavy atom. The van der Waals surface area contributed by atoms with Crippen LogP contribution in [0.25, 0.3) is 0 Å². The van der Waals surface area contributed by atoms with Crippen molar-refractivity contribution in [3.63, 3.8) is 0 Å². The van der Waals surface area contributed by atoms with Crippen LogP contribution in [0.4, 0.5) is 4.79 Å². The van der Waals surface area contributed by atoms with Crippen LogP contribution in [-0.4, -0.2) is 44.3 Å². The standard InChI is InChI=1S/C17H26N2O3/c1-17(2,3)15(13-6-5-7-14(12-13)21-4)18-16(20)19-8-10-22-11-9-19/h5-7,12,15H,8-11H2,1-4H3,(H,18,20)/t15-/m0/s1. The van der Waals surface area contributed by atoms with Crippen molar-refractivity contribution in [1.29, 1.82) is 0 Å². The molecule has 5 nitrogen and oxygen atoms in total. The highest BCUT2D eigenvalue weighted by Gasteiger charge is 2.30. The first-order chi connectivity index (χ1) is 10.4. The Bertz CT molecular complexity index is 505. The van der Waals surface area contributed by atoms with Gasteiger partial charge in [-0.1, -0.05) is 32.9 Å². The molecular formula is C17H26N2O3.